The lowest BCUT2D eigenvalue weighted by molar-refractivity contribution is -0.0699. The Morgan fingerprint density at radius 1 is 0.886 bits per heavy atom. The van der Waals surface area contributed by atoms with Crippen LogP contribution in [0, 0.1) is 0 Å². The maximum Gasteiger partial charge on any atom is 0.195 e. The van der Waals surface area contributed by atoms with Crippen LogP contribution in [0.25, 0.3) is 0 Å². The van der Waals surface area contributed by atoms with Crippen LogP contribution in [0.15, 0.2) is 36.4 Å². The third-order valence-corrected chi connectivity index (χ3v) is 5.02. The fraction of sp³-hybridized carbons (Fsp3) is 0.500. The Hall–Kier alpha value is -2.85. The molecule has 0 aromatic heterocycles. The van der Waals surface area contributed by atoms with Gasteiger partial charge < -0.3 is 38.6 Å². The fourth-order valence-electron chi connectivity index (χ4n) is 3.17. The molecule has 0 aliphatic carbocycles. The van der Waals surface area contributed by atoms with Crippen molar-refractivity contribution in [1.29, 1.82) is 0 Å². The normalized spacial score (nSPS) is 13.1. The molecular weight excluding hydrogens is 456 g/mol. The summed E-state index contributed by atoms with van der Waals surface area (Å²) >= 11 is 0. The Bertz CT molecular complexity index is 952. The highest BCUT2D eigenvalue weighted by atomic mass is 16.6. The second-order valence-corrected chi connectivity index (χ2v) is 8.69. The Kier molecular flexibility index (Phi) is 10.8. The van der Waals surface area contributed by atoms with Gasteiger partial charge in [0, 0.05) is 5.56 Å². The number of rotatable bonds is 14. The lowest BCUT2D eigenvalue weighted by atomic mass is 9.99. The second-order valence-electron chi connectivity index (χ2n) is 8.69. The summed E-state index contributed by atoms with van der Waals surface area (Å²) < 4.78 is 32.8. The van der Waals surface area contributed by atoms with Gasteiger partial charge in [0.25, 0.3) is 0 Å². The molecule has 0 amide bonds. The molecule has 2 unspecified atom stereocenters. The molecule has 0 saturated heterocycles. The van der Waals surface area contributed by atoms with Crippen LogP contribution < -0.4 is 18.9 Å². The molecule has 2 aromatic rings. The molecular formula is C26H36O9. The number of hydrogen-bond acceptors (Lipinski definition) is 9. The van der Waals surface area contributed by atoms with Gasteiger partial charge in [-0.1, -0.05) is 6.07 Å². The van der Waals surface area contributed by atoms with Gasteiger partial charge in [-0.05, 0) is 56.7 Å². The first-order valence-electron chi connectivity index (χ1n) is 11.2. The molecule has 0 heterocycles. The summed E-state index contributed by atoms with van der Waals surface area (Å²) in [7, 11) is 4.43. The predicted molar refractivity (Wildman–Crippen MR) is 130 cm³/mol. The van der Waals surface area contributed by atoms with Crippen LogP contribution in [0.4, 0.5) is 0 Å². The molecule has 2 rings (SSSR count). The van der Waals surface area contributed by atoms with Crippen LogP contribution in [0.3, 0.4) is 0 Å². The van der Waals surface area contributed by atoms with E-state index in [4.69, 9.17) is 28.4 Å². The molecule has 2 N–H and O–H groups in total. The molecule has 2 aromatic carbocycles. The van der Waals surface area contributed by atoms with Crippen LogP contribution in [0.5, 0.6) is 23.0 Å². The maximum absolute atomic E-state index is 12.9. The minimum Gasteiger partial charge on any atom is -0.493 e. The largest absolute Gasteiger partial charge is 0.493 e. The Morgan fingerprint density at radius 2 is 1.51 bits per heavy atom. The number of carbonyl (C=O) groups excluding carboxylic acids is 1. The molecule has 0 aliphatic heterocycles. The number of ketones is 1. The van der Waals surface area contributed by atoms with Gasteiger partial charge in [0.15, 0.2) is 28.8 Å². The molecule has 0 radical (unpaired) electrons. The standard InChI is InChI=1S/C26H36O9/c1-26(2,3)35-12-11-33-19(15-27)16-34-21-10-8-18(14-23(21)32-6)25(29)24(28)17-7-9-20(30-4)22(13-17)31-5/h7-10,13-14,19,25,27,29H,11-12,15-16H2,1-6H3. The molecule has 2 atom stereocenters. The summed E-state index contributed by atoms with van der Waals surface area (Å²) in [6, 6.07) is 9.38. The zero-order valence-corrected chi connectivity index (χ0v) is 21.2. The quantitative estimate of drug-likeness (QED) is 0.303. The third-order valence-electron chi connectivity index (χ3n) is 5.02. The number of aliphatic hydroxyl groups excluding tert-OH is 2. The van der Waals surface area contributed by atoms with E-state index in [9.17, 15) is 15.0 Å². The van der Waals surface area contributed by atoms with Crippen molar-refractivity contribution in [3.63, 3.8) is 0 Å². The van der Waals surface area contributed by atoms with Crippen LogP contribution in [0.1, 0.15) is 42.8 Å². The molecule has 0 saturated carbocycles. The number of carbonyl (C=O) groups is 1. The summed E-state index contributed by atoms with van der Waals surface area (Å²) in [6.07, 6.45) is -1.98. The SMILES string of the molecule is COc1ccc(C(=O)C(O)c2ccc(OCC(CO)OCCOC(C)(C)C)c(OC)c2)cc1OC. The summed E-state index contributed by atoms with van der Waals surface area (Å²) in [6.45, 7) is 6.41. The predicted octanol–water partition coefficient (Wildman–Crippen LogP) is 3.20. The van der Waals surface area contributed by atoms with E-state index in [0.717, 1.165) is 0 Å². The lowest BCUT2D eigenvalue weighted by Crippen LogP contribution is -2.29. The van der Waals surface area contributed by atoms with E-state index < -0.39 is 18.0 Å². The van der Waals surface area contributed by atoms with Gasteiger partial charge in [0.1, 0.15) is 18.8 Å². The highest BCUT2D eigenvalue weighted by Crippen LogP contribution is 2.33. The van der Waals surface area contributed by atoms with Crippen molar-refractivity contribution in [3.05, 3.63) is 47.5 Å². The molecule has 35 heavy (non-hydrogen) atoms. The smallest absolute Gasteiger partial charge is 0.195 e. The Morgan fingerprint density at radius 3 is 2.11 bits per heavy atom. The number of Topliss-reactive ketones (excluding diaryl/α,β-unsaturated/α-hetero) is 1. The van der Waals surface area contributed by atoms with Crippen molar-refractivity contribution in [1.82, 2.24) is 0 Å². The molecule has 0 fully saturated rings. The van der Waals surface area contributed by atoms with Crippen molar-refractivity contribution >= 4 is 5.78 Å². The number of aliphatic hydroxyl groups is 2. The van der Waals surface area contributed by atoms with Crippen molar-refractivity contribution in [3.8, 4) is 23.0 Å². The zero-order chi connectivity index (χ0) is 26.0. The van der Waals surface area contributed by atoms with Crippen molar-refractivity contribution < 1.29 is 43.4 Å². The van der Waals surface area contributed by atoms with E-state index in [1.807, 2.05) is 20.8 Å². The van der Waals surface area contributed by atoms with Gasteiger partial charge in [0.2, 0.25) is 0 Å². The highest BCUT2D eigenvalue weighted by molar-refractivity contribution is 6.00. The third kappa shape index (κ3) is 8.40. The molecule has 0 bridgehead atoms. The van der Waals surface area contributed by atoms with Gasteiger partial charge >= 0.3 is 0 Å². The number of ether oxygens (including phenoxy) is 6. The molecule has 194 valence electrons. The maximum atomic E-state index is 12.9. The Labute approximate surface area is 206 Å². The topological polar surface area (TPSA) is 113 Å². The van der Waals surface area contributed by atoms with Gasteiger partial charge in [-0.25, -0.2) is 0 Å². The first kappa shape index (κ1) is 28.4. The first-order valence-corrected chi connectivity index (χ1v) is 11.2. The molecule has 9 heteroatoms. The van der Waals surface area contributed by atoms with Crippen LogP contribution >= 0.6 is 0 Å². The number of methoxy groups -OCH3 is 3. The van der Waals surface area contributed by atoms with E-state index in [1.165, 1.54) is 33.5 Å². The average molecular weight is 493 g/mol. The fourth-order valence-corrected chi connectivity index (χ4v) is 3.17. The minimum absolute atomic E-state index is 0.0782. The summed E-state index contributed by atoms with van der Waals surface area (Å²) in [5.74, 6) is 1.07. The van der Waals surface area contributed by atoms with Gasteiger partial charge in [-0.3, -0.25) is 4.79 Å². The van der Waals surface area contributed by atoms with Crippen molar-refractivity contribution in [2.75, 3.05) is 47.8 Å². The summed E-state index contributed by atoms with van der Waals surface area (Å²) in [5, 5.41) is 20.3. The van der Waals surface area contributed by atoms with E-state index in [2.05, 4.69) is 0 Å². The van der Waals surface area contributed by atoms with Crippen LogP contribution in [-0.2, 0) is 9.47 Å². The Balaban J connectivity index is 2.05. The summed E-state index contributed by atoms with van der Waals surface area (Å²) in [4.78, 5) is 12.9. The minimum atomic E-state index is -1.42. The summed E-state index contributed by atoms with van der Waals surface area (Å²) in [5.41, 5.74) is 0.339. The van der Waals surface area contributed by atoms with E-state index in [1.54, 1.807) is 24.3 Å². The lowest BCUT2D eigenvalue weighted by Gasteiger charge is -2.21. The van der Waals surface area contributed by atoms with E-state index in [-0.39, 0.29) is 24.4 Å². The molecule has 0 aliphatic rings. The van der Waals surface area contributed by atoms with Gasteiger partial charge in [-0.15, -0.1) is 0 Å². The van der Waals surface area contributed by atoms with Gasteiger partial charge in [0.05, 0.1) is 46.8 Å². The monoisotopic (exact) mass is 492 g/mol. The average Bonchev–Trinajstić information content (AvgIpc) is 2.86. The van der Waals surface area contributed by atoms with Crippen molar-refractivity contribution in [2.24, 2.45) is 0 Å². The number of hydrogen-bond donors (Lipinski definition) is 2. The van der Waals surface area contributed by atoms with Crippen LogP contribution in [-0.4, -0.2) is 75.5 Å². The molecule has 0 spiro atoms. The first-order chi connectivity index (χ1) is 16.6. The number of benzene rings is 2. The zero-order valence-electron chi connectivity index (χ0n) is 21.2. The molecule has 9 nitrogen and oxygen atoms in total. The van der Waals surface area contributed by atoms with E-state index in [0.29, 0.717) is 41.8 Å². The second kappa shape index (κ2) is 13.3. The van der Waals surface area contributed by atoms with Crippen LogP contribution in [0.2, 0.25) is 0 Å². The highest BCUT2D eigenvalue weighted by Gasteiger charge is 2.23. The van der Waals surface area contributed by atoms with E-state index >= 15 is 0 Å². The van der Waals surface area contributed by atoms with Crippen molar-refractivity contribution in [2.45, 2.75) is 38.6 Å². The van der Waals surface area contributed by atoms with Gasteiger partial charge in [-0.2, -0.15) is 0 Å².